The number of imidazole rings is 1. The molecule has 7 heteroatoms. The molecule has 3 aliphatic rings. The van der Waals surface area contributed by atoms with Crippen molar-refractivity contribution in [3.8, 4) is 0 Å². The summed E-state index contributed by atoms with van der Waals surface area (Å²) in [6, 6.07) is 0. The maximum absolute atomic E-state index is 5.80. The van der Waals surface area contributed by atoms with Crippen molar-refractivity contribution in [1.29, 1.82) is 0 Å². The van der Waals surface area contributed by atoms with Crippen molar-refractivity contribution in [3.05, 3.63) is 17.8 Å². The first-order valence-corrected chi connectivity index (χ1v) is 9.98. The summed E-state index contributed by atoms with van der Waals surface area (Å²) >= 11 is 0. The van der Waals surface area contributed by atoms with Gasteiger partial charge in [0.25, 0.3) is 0 Å². The molecule has 0 aliphatic carbocycles. The number of hydrogen-bond donors (Lipinski definition) is 1. The standard InChI is InChI=1S/C19H27N5O2/c1-2-6-26-16(3-1)19-20-9-15-18(23-19)22-17(21-15)12-24-10-14(11-24)13-4-7-25-8-5-13/h9,13-14,16H,1-8,10-12H2,(H,20,21,22,23). The smallest absolute Gasteiger partial charge is 0.181 e. The monoisotopic (exact) mass is 357 g/mol. The van der Waals surface area contributed by atoms with Crippen molar-refractivity contribution in [3.63, 3.8) is 0 Å². The third-order valence-electron chi connectivity index (χ3n) is 6.07. The van der Waals surface area contributed by atoms with E-state index in [1.54, 1.807) is 0 Å². The number of likely N-dealkylation sites (tertiary alicyclic amines) is 1. The second-order valence-electron chi connectivity index (χ2n) is 7.91. The molecule has 3 fully saturated rings. The van der Waals surface area contributed by atoms with E-state index in [1.807, 2.05) is 6.20 Å². The van der Waals surface area contributed by atoms with E-state index in [4.69, 9.17) is 14.5 Å². The van der Waals surface area contributed by atoms with Gasteiger partial charge >= 0.3 is 0 Å². The normalized spacial score (nSPS) is 26.2. The number of H-pyrrole nitrogens is 1. The van der Waals surface area contributed by atoms with E-state index in [1.165, 1.54) is 32.4 Å². The van der Waals surface area contributed by atoms with Crippen molar-refractivity contribution >= 4 is 11.2 Å². The zero-order valence-corrected chi connectivity index (χ0v) is 15.2. The molecule has 0 bridgehead atoms. The lowest BCUT2D eigenvalue weighted by atomic mass is 9.81. The number of ether oxygens (including phenoxy) is 2. The Labute approximate surface area is 153 Å². The Morgan fingerprint density at radius 2 is 1.92 bits per heavy atom. The highest BCUT2D eigenvalue weighted by Gasteiger charge is 2.34. The lowest BCUT2D eigenvalue weighted by Gasteiger charge is -2.44. The molecular weight excluding hydrogens is 330 g/mol. The quantitative estimate of drug-likeness (QED) is 0.906. The van der Waals surface area contributed by atoms with Gasteiger partial charge in [-0.05, 0) is 43.9 Å². The van der Waals surface area contributed by atoms with Crippen LogP contribution in [-0.4, -0.2) is 57.7 Å². The van der Waals surface area contributed by atoms with E-state index in [2.05, 4.69) is 19.9 Å². The van der Waals surface area contributed by atoms with Crippen LogP contribution in [-0.2, 0) is 16.0 Å². The summed E-state index contributed by atoms with van der Waals surface area (Å²) in [5.41, 5.74) is 1.68. The van der Waals surface area contributed by atoms with E-state index < -0.39 is 0 Å². The third kappa shape index (κ3) is 3.35. The van der Waals surface area contributed by atoms with Crippen molar-refractivity contribution in [2.45, 2.75) is 44.8 Å². The van der Waals surface area contributed by atoms with Crippen LogP contribution in [0.1, 0.15) is 49.9 Å². The first kappa shape index (κ1) is 16.6. The molecule has 5 heterocycles. The van der Waals surface area contributed by atoms with Gasteiger partial charge < -0.3 is 14.5 Å². The Morgan fingerprint density at radius 3 is 2.73 bits per heavy atom. The minimum atomic E-state index is 0.0314. The van der Waals surface area contributed by atoms with Crippen molar-refractivity contribution in [2.24, 2.45) is 11.8 Å². The Morgan fingerprint density at radius 1 is 1.04 bits per heavy atom. The summed E-state index contributed by atoms with van der Waals surface area (Å²) in [4.78, 5) is 19.7. The maximum atomic E-state index is 5.80. The number of rotatable bonds is 4. The molecular formula is C19H27N5O2. The Bertz CT molecular complexity index is 745. The highest BCUT2D eigenvalue weighted by molar-refractivity contribution is 5.69. The van der Waals surface area contributed by atoms with E-state index in [0.29, 0.717) is 0 Å². The Kier molecular flexibility index (Phi) is 4.60. The first-order valence-electron chi connectivity index (χ1n) is 9.98. The van der Waals surface area contributed by atoms with Gasteiger partial charge in [-0.15, -0.1) is 0 Å². The first-order chi connectivity index (χ1) is 12.8. The lowest BCUT2D eigenvalue weighted by molar-refractivity contribution is -0.0112. The van der Waals surface area contributed by atoms with Crippen LogP contribution < -0.4 is 0 Å². The molecule has 0 saturated carbocycles. The Hall–Kier alpha value is -1.57. The molecule has 3 saturated heterocycles. The minimum absolute atomic E-state index is 0.0314. The van der Waals surface area contributed by atoms with Gasteiger partial charge in [0.2, 0.25) is 0 Å². The van der Waals surface area contributed by atoms with Crippen molar-refractivity contribution in [2.75, 3.05) is 32.9 Å². The van der Waals surface area contributed by atoms with E-state index in [0.717, 1.165) is 73.9 Å². The second-order valence-corrected chi connectivity index (χ2v) is 7.91. The molecule has 0 aromatic carbocycles. The number of hydrogen-bond acceptors (Lipinski definition) is 6. The second kappa shape index (κ2) is 7.21. The van der Waals surface area contributed by atoms with Crippen LogP contribution in [0.25, 0.3) is 11.2 Å². The van der Waals surface area contributed by atoms with Crippen LogP contribution in [0, 0.1) is 11.8 Å². The van der Waals surface area contributed by atoms with E-state index >= 15 is 0 Å². The highest BCUT2D eigenvalue weighted by Crippen LogP contribution is 2.32. The maximum Gasteiger partial charge on any atom is 0.181 e. The van der Waals surface area contributed by atoms with Gasteiger partial charge in [-0.1, -0.05) is 0 Å². The summed E-state index contributed by atoms with van der Waals surface area (Å²) < 4.78 is 11.3. The molecule has 1 N–H and O–H groups in total. The van der Waals surface area contributed by atoms with Crippen molar-refractivity contribution < 1.29 is 9.47 Å². The number of aromatic nitrogens is 4. The van der Waals surface area contributed by atoms with Crippen LogP contribution in [0.2, 0.25) is 0 Å². The topological polar surface area (TPSA) is 76.2 Å². The zero-order valence-electron chi connectivity index (χ0n) is 15.2. The third-order valence-corrected chi connectivity index (χ3v) is 6.07. The highest BCUT2D eigenvalue weighted by atomic mass is 16.5. The van der Waals surface area contributed by atoms with Crippen LogP contribution in [0.3, 0.4) is 0 Å². The van der Waals surface area contributed by atoms with Crippen LogP contribution >= 0.6 is 0 Å². The molecule has 0 radical (unpaired) electrons. The fourth-order valence-electron chi connectivity index (χ4n) is 4.48. The van der Waals surface area contributed by atoms with Gasteiger partial charge in [-0.25, -0.2) is 15.0 Å². The van der Waals surface area contributed by atoms with Gasteiger partial charge in [0.1, 0.15) is 17.4 Å². The average molecular weight is 357 g/mol. The van der Waals surface area contributed by atoms with Gasteiger partial charge in [-0.3, -0.25) is 4.90 Å². The number of aromatic amines is 1. The molecule has 5 rings (SSSR count). The van der Waals surface area contributed by atoms with Gasteiger partial charge in [-0.2, -0.15) is 0 Å². The molecule has 1 atom stereocenters. The van der Waals surface area contributed by atoms with Gasteiger partial charge in [0.05, 0.1) is 12.7 Å². The fraction of sp³-hybridized carbons (Fsp3) is 0.737. The molecule has 3 aliphatic heterocycles. The molecule has 140 valence electrons. The molecule has 2 aromatic rings. The summed E-state index contributed by atoms with van der Waals surface area (Å²) in [5.74, 6) is 3.44. The minimum Gasteiger partial charge on any atom is -0.381 e. The molecule has 1 unspecified atom stereocenters. The summed E-state index contributed by atoms with van der Waals surface area (Å²) in [7, 11) is 0. The lowest BCUT2D eigenvalue weighted by Crippen LogP contribution is -2.50. The van der Waals surface area contributed by atoms with Gasteiger partial charge in [0.15, 0.2) is 11.5 Å². The molecule has 2 aromatic heterocycles. The van der Waals surface area contributed by atoms with Gasteiger partial charge in [0, 0.05) is 32.9 Å². The predicted molar refractivity (Wildman–Crippen MR) is 96.5 cm³/mol. The van der Waals surface area contributed by atoms with Crippen LogP contribution in [0.15, 0.2) is 6.20 Å². The van der Waals surface area contributed by atoms with Crippen LogP contribution in [0.4, 0.5) is 0 Å². The average Bonchev–Trinajstić information content (AvgIpc) is 3.07. The summed E-state index contributed by atoms with van der Waals surface area (Å²) in [5, 5.41) is 0. The molecule has 26 heavy (non-hydrogen) atoms. The Balaban J connectivity index is 1.21. The molecule has 0 amide bonds. The molecule has 7 nitrogen and oxygen atoms in total. The van der Waals surface area contributed by atoms with Crippen molar-refractivity contribution in [1.82, 2.24) is 24.8 Å². The largest absolute Gasteiger partial charge is 0.381 e. The predicted octanol–water partition coefficient (Wildman–Crippen LogP) is 2.45. The van der Waals surface area contributed by atoms with E-state index in [-0.39, 0.29) is 6.10 Å². The summed E-state index contributed by atoms with van der Waals surface area (Å²) in [6.45, 7) is 5.91. The van der Waals surface area contributed by atoms with E-state index in [9.17, 15) is 0 Å². The number of fused-ring (bicyclic) bond motifs is 1. The summed E-state index contributed by atoms with van der Waals surface area (Å²) in [6.07, 6.45) is 7.66. The molecule has 0 spiro atoms. The SMILES string of the molecule is c1nc(C2CCCCO2)nc2nc(CN3CC(C4CCOCC4)C3)[nH]c12. The number of nitrogens with one attached hydrogen (secondary N) is 1. The number of nitrogens with zero attached hydrogens (tertiary/aromatic N) is 4. The zero-order chi connectivity index (χ0) is 17.3. The fourth-order valence-corrected chi connectivity index (χ4v) is 4.48. The van der Waals surface area contributed by atoms with Crippen LogP contribution in [0.5, 0.6) is 0 Å².